The lowest BCUT2D eigenvalue weighted by atomic mass is 10.2. The topological polar surface area (TPSA) is 142 Å². The van der Waals surface area contributed by atoms with Gasteiger partial charge in [-0.3, -0.25) is 4.79 Å². The highest BCUT2D eigenvalue weighted by Gasteiger charge is 2.30. The van der Waals surface area contributed by atoms with E-state index in [0.717, 1.165) is 0 Å². The van der Waals surface area contributed by atoms with Gasteiger partial charge in [0.1, 0.15) is 6.04 Å². The Kier molecular flexibility index (Phi) is 5.52. The van der Waals surface area contributed by atoms with E-state index in [1.807, 2.05) is 0 Å². The molecule has 9 heteroatoms. The number of amides is 3. The van der Waals surface area contributed by atoms with Gasteiger partial charge in [0.25, 0.3) is 0 Å². The number of carboxylic acids is 1. The van der Waals surface area contributed by atoms with Gasteiger partial charge in [-0.2, -0.15) is 0 Å². The monoisotopic (exact) mass is 275 g/mol. The van der Waals surface area contributed by atoms with E-state index in [1.54, 1.807) is 0 Å². The Morgan fingerprint density at radius 2 is 2.16 bits per heavy atom. The lowest BCUT2D eigenvalue weighted by Crippen LogP contribution is -2.57. The summed E-state index contributed by atoms with van der Waals surface area (Å²) in [6.07, 6.45) is -0.491. The number of aliphatic hydroxyl groups excluding tert-OH is 1. The quantitative estimate of drug-likeness (QED) is 0.445. The second-order valence-corrected chi connectivity index (χ2v) is 4.12. The number of morpholine rings is 1. The number of hydrogen-bond donors (Lipinski definition) is 4. The smallest absolute Gasteiger partial charge is 0.326 e. The Labute approximate surface area is 109 Å². The fourth-order valence-electron chi connectivity index (χ4n) is 1.71. The lowest BCUT2D eigenvalue weighted by Gasteiger charge is -2.35. The van der Waals surface area contributed by atoms with E-state index in [4.69, 9.17) is 20.7 Å². The van der Waals surface area contributed by atoms with E-state index in [0.29, 0.717) is 6.61 Å². The molecule has 3 amide bonds. The van der Waals surface area contributed by atoms with E-state index >= 15 is 0 Å². The van der Waals surface area contributed by atoms with Crippen LogP contribution in [-0.4, -0.2) is 71.5 Å². The minimum absolute atomic E-state index is 0.178. The maximum absolute atomic E-state index is 11.9. The first-order valence-corrected chi connectivity index (χ1v) is 5.72. The summed E-state index contributed by atoms with van der Waals surface area (Å²) >= 11 is 0. The minimum atomic E-state index is -1.38. The van der Waals surface area contributed by atoms with Crippen LogP contribution in [0, 0.1) is 0 Å². The molecule has 0 aromatic heterocycles. The van der Waals surface area contributed by atoms with Crippen LogP contribution in [0.3, 0.4) is 0 Å². The standard InChI is InChI=1S/C10H17N3O6/c11-8(15)3-7(9(16)17)12-10(18)13-1-2-19-5-6(13)4-14/h6-7,14H,1-5H2,(H2,11,15)(H,12,18)(H,16,17)/t6?,7-/m1/s1. The fourth-order valence-corrected chi connectivity index (χ4v) is 1.71. The number of hydrogen-bond acceptors (Lipinski definition) is 5. The first-order valence-electron chi connectivity index (χ1n) is 5.72. The van der Waals surface area contributed by atoms with Gasteiger partial charge in [0.15, 0.2) is 0 Å². The van der Waals surface area contributed by atoms with E-state index in [2.05, 4.69) is 5.32 Å². The van der Waals surface area contributed by atoms with Gasteiger partial charge in [0.2, 0.25) is 5.91 Å². The van der Waals surface area contributed by atoms with Crippen LogP contribution in [0.1, 0.15) is 6.42 Å². The fraction of sp³-hybridized carbons (Fsp3) is 0.700. The highest BCUT2D eigenvalue weighted by Crippen LogP contribution is 2.07. The Morgan fingerprint density at radius 1 is 1.47 bits per heavy atom. The van der Waals surface area contributed by atoms with Crippen LogP contribution in [0.25, 0.3) is 0 Å². The van der Waals surface area contributed by atoms with Crippen molar-refractivity contribution in [3.8, 4) is 0 Å². The second-order valence-electron chi connectivity index (χ2n) is 4.12. The van der Waals surface area contributed by atoms with Crippen molar-refractivity contribution in [2.24, 2.45) is 5.73 Å². The number of aliphatic hydroxyl groups is 1. The van der Waals surface area contributed by atoms with Crippen LogP contribution >= 0.6 is 0 Å². The Hall–Kier alpha value is -1.87. The molecule has 0 saturated carbocycles. The molecule has 0 radical (unpaired) electrons. The summed E-state index contributed by atoms with van der Waals surface area (Å²) in [6.45, 7) is 0.426. The lowest BCUT2D eigenvalue weighted by molar-refractivity contribution is -0.141. The van der Waals surface area contributed by atoms with E-state index in [9.17, 15) is 14.4 Å². The molecule has 0 aromatic rings. The predicted octanol–water partition coefficient (Wildman–Crippen LogP) is -2.28. The third kappa shape index (κ3) is 4.38. The zero-order valence-electron chi connectivity index (χ0n) is 10.2. The molecule has 1 aliphatic rings. The van der Waals surface area contributed by atoms with Crippen molar-refractivity contribution < 1.29 is 29.3 Å². The predicted molar refractivity (Wildman–Crippen MR) is 62.2 cm³/mol. The number of nitrogens with one attached hydrogen (secondary N) is 1. The normalized spacial score (nSPS) is 20.7. The van der Waals surface area contributed by atoms with Crippen molar-refractivity contribution in [2.75, 3.05) is 26.4 Å². The number of nitrogens with two attached hydrogens (primary N) is 1. The van der Waals surface area contributed by atoms with Crippen LogP contribution in [-0.2, 0) is 14.3 Å². The van der Waals surface area contributed by atoms with E-state index in [1.165, 1.54) is 4.90 Å². The number of carbonyl (C=O) groups excluding carboxylic acids is 2. The molecule has 19 heavy (non-hydrogen) atoms. The molecule has 0 aromatic carbocycles. The van der Waals surface area contributed by atoms with Crippen molar-refractivity contribution in [2.45, 2.75) is 18.5 Å². The number of aliphatic carboxylic acids is 1. The summed E-state index contributed by atoms with van der Waals surface area (Å²) in [4.78, 5) is 34.8. The summed E-state index contributed by atoms with van der Waals surface area (Å²) in [6, 6.07) is -2.58. The number of primary amides is 1. The molecule has 1 aliphatic heterocycles. The highest BCUT2D eigenvalue weighted by atomic mass is 16.5. The van der Waals surface area contributed by atoms with Gasteiger partial charge < -0.3 is 30.9 Å². The molecule has 0 bridgehead atoms. The van der Waals surface area contributed by atoms with Crippen molar-refractivity contribution in [1.82, 2.24) is 10.2 Å². The number of urea groups is 1. The molecule has 2 atom stereocenters. The Bertz CT molecular complexity index is 361. The van der Waals surface area contributed by atoms with Crippen LogP contribution in [0.5, 0.6) is 0 Å². The molecule has 9 nitrogen and oxygen atoms in total. The molecular weight excluding hydrogens is 258 g/mol. The molecule has 108 valence electrons. The van der Waals surface area contributed by atoms with Gasteiger partial charge in [-0.25, -0.2) is 9.59 Å². The first kappa shape index (κ1) is 15.2. The molecule has 0 spiro atoms. The van der Waals surface area contributed by atoms with Gasteiger partial charge in [-0.1, -0.05) is 0 Å². The van der Waals surface area contributed by atoms with E-state index < -0.39 is 36.4 Å². The van der Waals surface area contributed by atoms with Gasteiger partial charge in [-0.05, 0) is 0 Å². The number of carbonyl (C=O) groups is 3. The summed E-state index contributed by atoms with van der Waals surface area (Å²) in [7, 11) is 0. The summed E-state index contributed by atoms with van der Waals surface area (Å²) in [5, 5.41) is 20.2. The van der Waals surface area contributed by atoms with Gasteiger partial charge >= 0.3 is 12.0 Å². The molecule has 1 unspecified atom stereocenters. The van der Waals surface area contributed by atoms with E-state index in [-0.39, 0.29) is 19.8 Å². The van der Waals surface area contributed by atoms with Crippen LogP contribution in [0.4, 0.5) is 4.79 Å². The second kappa shape index (κ2) is 6.90. The number of rotatable bonds is 5. The number of ether oxygens (including phenoxy) is 1. The van der Waals surface area contributed by atoms with Gasteiger partial charge in [0.05, 0.1) is 32.3 Å². The molecule has 5 N–H and O–H groups in total. The Morgan fingerprint density at radius 3 is 2.68 bits per heavy atom. The SMILES string of the molecule is NC(=O)C[C@@H](NC(=O)N1CCOCC1CO)C(=O)O. The summed E-state index contributed by atoms with van der Waals surface area (Å²) in [5.74, 6) is -2.17. The van der Waals surface area contributed by atoms with Gasteiger partial charge in [-0.15, -0.1) is 0 Å². The number of carboxylic acid groups (broad SMARTS) is 1. The van der Waals surface area contributed by atoms with Gasteiger partial charge in [0, 0.05) is 6.54 Å². The maximum atomic E-state index is 11.9. The molecule has 1 saturated heterocycles. The molecule has 0 aliphatic carbocycles. The van der Waals surface area contributed by atoms with Crippen LogP contribution in [0.2, 0.25) is 0 Å². The molecular formula is C10H17N3O6. The molecule has 1 rings (SSSR count). The zero-order chi connectivity index (χ0) is 14.4. The summed E-state index contributed by atoms with van der Waals surface area (Å²) in [5.41, 5.74) is 4.91. The summed E-state index contributed by atoms with van der Waals surface area (Å²) < 4.78 is 5.10. The third-order valence-electron chi connectivity index (χ3n) is 2.70. The van der Waals surface area contributed by atoms with Crippen molar-refractivity contribution >= 4 is 17.9 Å². The number of nitrogens with zero attached hydrogens (tertiary/aromatic N) is 1. The van der Waals surface area contributed by atoms with Crippen LogP contribution < -0.4 is 11.1 Å². The largest absolute Gasteiger partial charge is 0.480 e. The van der Waals surface area contributed by atoms with Crippen molar-refractivity contribution in [1.29, 1.82) is 0 Å². The average Bonchev–Trinajstić information content (AvgIpc) is 2.37. The van der Waals surface area contributed by atoms with Crippen molar-refractivity contribution in [3.63, 3.8) is 0 Å². The Balaban J connectivity index is 2.64. The molecule has 1 fully saturated rings. The maximum Gasteiger partial charge on any atom is 0.326 e. The third-order valence-corrected chi connectivity index (χ3v) is 2.70. The van der Waals surface area contributed by atoms with Crippen LogP contribution in [0.15, 0.2) is 0 Å². The highest BCUT2D eigenvalue weighted by molar-refractivity contribution is 5.87. The molecule has 1 heterocycles. The first-order chi connectivity index (χ1) is 8.95. The zero-order valence-corrected chi connectivity index (χ0v) is 10.2. The van der Waals surface area contributed by atoms with Crippen molar-refractivity contribution in [3.05, 3.63) is 0 Å². The average molecular weight is 275 g/mol. The minimum Gasteiger partial charge on any atom is -0.480 e.